The first-order valence-corrected chi connectivity index (χ1v) is 8.18. The molecule has 0 aliphatic heterocycles. The van der Waals surface area contributed by atoms with Crippen molar-refractivity contribution in [3.8, 4) is 0 Å². The zero-order valence-corrected chi connectivity index (χ0v) is 12.3. The maximum Gasteiger partial charge on any atom is 0.0406 e. The topological polar surface area (TPSA) is 0 Å². The van der Waals surface area contributed by atoms with Gasteiger partial charge in [-0.05, 0) is 29.9 Å². The number of unbranched alkanes of at least 4 members (excludes halogenated alkanes) is 5. The Morgan fingerprint density at radius 2 is 1.59 bits per heavy atom. The maximum absolute atomic E-state index is 5.85. The molecule has 0 amide bonds. The van der Waals surface area contributed by atoms with Crippen LogP contribution in [0.2, 0.25) is 5.02 Å². The highest BCUT2D eigenvalue weighted by Crippen LogP contribution is 2.17. The van der Waals surface area contributed by atoms with Crippen molar-refractivity contribution in [2.75, 3.05) is 5.75 Å². The van der Waals surface area contributed by atoms with Gasteiger partial charge < -0.3 is 0 Å². The smallest absolute Gasteiger partial charge is 0.0406 e. The Hall–Kier alpha value is -0.140. The lowest BCUT2D eigenvalue weighted by atomic mass is 10.1. The number of hydrogen-bond donors (Lipinski definition) is 0. The summed E-state index contributed by atoms with van der Waals surface area (Å²) in [5.41, 5.74) is 1.38. The Kier molecular flexibility index (Phi) is 8.64. The van der Waals surface area contributed by atoms with Gasteiger partial charge >= 0.3 is 0 Å². The minimum absolute atomic E-state index is 0.828. The van der Waals surface area contributed by atoms with Crippen molar-refractivity contribution in [1.29, 1.82) is 0 Å². The summed E-state index contributed by atoms with van der Waals surface area (Å²) < 4.78 is 0. The summed E-state index contributed by atoms with van der Waals surface area (Å²) in [5.74, 6) is 2.40. The normalized spacial score (nSPS) is 10.7. The number of hydrogen-bond acceptors (Lipinski definition) is 1. The third-order valence-electron chi connectivity index (χ3n) is 2.82. The summed E-state index contributed by atoms with van der Waals surface area (Å²) in [6, 6.07) is 8.19. The van der Waals surface area contributed by atoms with Crippen LogP contribution in [0.5, 0.6) is 0 Å². The van der Waals surface area contributed by atoms with Crippen molar-refractivity contribution in [2.45, 2.75) is 51.2 Å². The van der Waals surface area contributed by atoms with Gasteiger partial charge in [-0.2, -0.15) is 11.8 Å². The second-order valence-electron chi connectivity index (χ2n) is 4.45. The maximum atomic E-state index is 5.85. The van der Waals surface area contributed by atoms with Gasteiger partial charge in [-0.15, -0.1) is 0 Å². The summed E-state index contributed by atoms with van der Waals surface area (Å²) in [6.07, 6.45) is 8.33. The lowest BCUT2D eigenvalue weighted by Gasteiger charge is -2.02. The van der Waals surface area contributed by atoms with Crippen LogP contribution >= 0.6 is 23.4 Å². The molecule has 1 aromatic rings. The number of thioether (sulfide) groups is 1. The van der Waals surface area contributed by atoms with E-state index in [9.17, 15) is 0 Å². The van der Waals surface area contributed by atoms with Crippen molar-refractivity contribution in [3.63, 3.8) is 0 Å². The molecule has 0 N–H and O–H groups in total. The van der Waals surface area contributed by atoms with E-state index in [2.05, 4.69) is 19.1 Å². The van der Waals surface area contributed by atoms with E-state index >= 15 is 0 Å². The second kappa shape index (κ2) is 9.85. The number of benzene rings is 1. The van der Waals surface area contributed by atoms with Crippen LogP contribution in [-0.2, 0) is 5.75 Å². The zero-order valence-electron chi connectivity index (χ0n) is 10.8. The Labute approximate surface area is 115 Å². The average molecular weight is 271 g/mol. The van der Waals surface area contributed by atoms with Crippen molar-refractivity contribution in [3.05, 3.63) is 34.9 Å². The van der Waals surface area contributed by atoms with E-state index in [4.69, 9.17) is 11.6 Å². The zero-order chi connectivity index (χ0) is 12.3. The van der Waals surface area contributed by atoms with E-state index in [-0.39, 0.29) is 0 Å². The van der Waals surface area contributed by atoms with Crippen LogP contribution in [0.15, 0.2) is 24.3 Å². The molecule has 1 rings (SSSR count). The van der Waals surface area contributed by atoms with Gasteiger partial charge in [0.25, 0.3) is 0 Å². The lowest BCUT2D eigenvalue weighted by Crippen LogP contribution is -1.85. The highest BCUT2D eigenvalue weighted by atomic mass is 35.5. The van der Waals surface area contributed by atoms with Gasteiger partial charge in [0, 0.05) is 10.8 Å². The molecule has 0 fully saturated rings. The Balaban J connectivity index is 1.95. The van der Waals surface area contributed by atoms with Crippen molar-refractivity contribution in [1.82, 2.24) is 0 Å². The van der Waals surface area contributed by atoms with Gasteiger partial charge in [-0.25, -0.2) is 0 Å². The van der Waals surface area contributed by atoms with E-state index in [0.29, 0.717) is 0 Å². The first-order chi connectivity index (χ1) is 8.33. The third-order valence-corrected chi connectivity index (χ3v) is 4.19. The quantitative estimate of drug-likeness (QED) is 0.501. The monoisotopic (exact) mass is 270 g/mol. The summed E-state index contributed by atoms with van der Waals surface area (Å²) in [7, 11) is 0. The summed E-state index contributed by atoms with van der Waals surface area (Å²) in [5, 5.41) is 0.828. The lowest BCUT2D eigenvalue weighted by molar-refractivity contribution is 0.627. The molecule has 0 aliphatic carbocycles. The van der Waals surface area contributed by atoms with Crippen LogP contribution in [0, 0.1) is 0 Å². The van der Waals surface area contributed by atoms with E-state index in [1.54, 1.807) is 0 Å². The van der Waals surface area contributed by atoms with Gasteiger partial charge in [-0.1, -0.05) is 62.8 Å². The van der Waals surface area contributed by atoms with Gasteiger partial charge in [0.05, 0.1) is 0 Å². The largest absolute Gasteiger partial charge is 0.157 e. The molecule has 96 valence electrons. The van der Waals surface area contributed by atoms with Crippen LogP contribution in [0.4, 0.5) is 0 Å². The van der Waals surface area contributed by atoms with E-state index in [1.807, 2.05) is 23.9 Å². The molecule has 0 saturated heterocycles. The molecule has 0 heterocycles. The van der Waals surface area contributed by atoms with Gasteiger partial charge in [-0.3, -0.25) is 0 Å². The van der Waals surface area contributed by atoms with Gasteiger partial charge in [0.2, 0.25) is 0 Å². The molecule has 0 bridgehead atoms. The molecule has 0 nitrogen and oxygen atoms in total. The highest BCUT2D eigenvalue weighted by Gasteiger charge is 1.95. The standard InChI is InChI=1S/C15H23ClS/c1-2-3-4-5-6-7-12-17-13-14-8-10-15(16)11-9-14/h8-11H,2-7,12-13H2,1H3. The molecule has 0 saturated carbocycles. The fourth-order valence-electron chi connectivity index (χ4n) is 1.76. The second-order valence-corrected chi connectivity index (χ2v) is 5.99. The predicted octanol–water partition coefficient (Wildman–Crippen LogP) is 5.93. The van der Waals surface area contributed by atoms with Crippen molar-refractivity contribution in [2.24, 2.45) is 0 Å². The van der Waals surface area contributed by atoms with Crippen LogP contribution < -0.4 is 0 Å². The summed E-state index contributed by atoms with van der Waals surface area (Å²) in [4.78, 5) is 0. The molecule has 17 heavy (non-hydrogen) atoms. The van der Waals surface area contributed by atoms with Gasteiger partial charge in [0.15, 0.2) is 0 Å². The van der Waals surface area contributed by atoms with Crippen LogP contribution in [0.25, 0.3) is 0 Å². The van der Waals surface area contributed by atoms with E-state index in [0.717, 1.165) is 10.8 Å². The first kappa shape index (κ1) is 14.9. The van der Waals surface area contributed by atoms with Crippen LogP contribution in [0.3, 0.4) is 0 Å². The molecule has 0 radical (unpaired) electrons. The number of rotatable bonds is 9. The van der Waals surface area contributed by atoms with Crippen LogP contribution in [-0.4, -0.2) is 5.75 Å². The van der Waals surface area contributed by atoms with Crippen molar-refractivity contribution >= 4 is 23.4 Å². The SMILES string of the molecule is CCCCCCCCSCc1ccc(Cl)cc1. The minimum Gasteiger partial charge on any atom is -0.157 e. The van der Waals surface area contributed by atoms with Crippen LogP contribution in [0.1, 0.15) is 51.0 Å². The molecular weight excluding hydrogens is 248 g/mol. The molecule has 2 heteroatoms. The fourth-order valence-corrected chi connectivity index (χ4v) is 2.86. The Morgan fingerprint density at radius 3 is 2.29 bits per heavy atom. The molecule has 0 spiro atoms. The number of halogens is 1. The molecule has 0 unspecified atom stereocenters. The summed E-state index contributed by atoms with van der Waals surface area (Å²) in [6.45, 7) is 2.27. The Morgan fingerprint density at radius 1 is 0.941 bits per heavy atom. The molecule has 0 atom stereocenters. The first-order valence-electron chi connectivity index (χ1n) is 6.65. The Bertz CT molecular complexity index is 281. The summed E-state index contributed by atoms with van der Waals surface area (Å²) >= 11 is 7.88. The average Bonchev–Trinajstić information content (AvgIpc) is 2.35. The molecule has 0 aromatic heterocycles. The van der Waals surface area contributed by atoms with Crippen molar-refractivity contribution < 1.29 is 0 Å². The minimum atomic E-state index is 0.828. The predicted molar refractivity (Wildman–Crippen MR) is 81.0 cm³/mol. The molecular formula is C15H23ClS. The van der Waals surface area contributed by atoms with Gasteiger partial charge in [0.1, 0.15) is 0 Å². The third kappa shape index (κ3) is 7.72. The highest BCUT2D eigenvalue weighted by molar-refractivity contribution is 7.98. The molecule has 1 aromatic carbocycles. The molecule has 0 aliphatic rings. The van der Waals surface area contributed by atoms with E-state index in [1.165, 1.54) is 49.8 Å². The fraction of sp³-hybridized carbons (Fsp3) is 0.600. The van der Waals surface area contributed by atoms with E-state index < -0.39 is 0 Å².